The van der Waals surface area contributed by atoms with Crippen molar-refractivity contribution >= 4 is 11.8 Å². The molecule has 0 aliphatic carbocycles. The van der Waals surface area contributed by atoms with Crippen LogP contribution < -0.4 is 10.2 Å². The lowest BCUT2D eigenvalue weighted by Crippen LogP contribution is -3.11. The van der Waals surface area contributed by atoms with Crippen LogP contribution in [0.2, 0.25) is 0 Å². The minimum absolute atomic E-state index is 0.00480. The molecule has 0 aromatic carbocycles. The van der Waals surface area contributed by atoms with Gasteiger partial charge in [-0.2, -0.15) is 0 Å². The fraction of sp³-hybridized carbons (Fsp3) is 0.867. The molecular formula is C15H30N3O2+. The normalized spacial score (nSPS) is 21.4. The summed E-state index contributed by atoms with van der Waals surface area (Å²) in [6.07, 6.45) is 2.30. The molecule has 0 bridgehead atoms. The van der Waals surface area contributed by atoms with E-state index in [0.717, 1.165) is 24.4 Å². The van der Waals surface area contributed by atoms with Crippen LogP contribution >= 0.6 is 0 Å². The summed E-state index contributed by atoms with van der Waals surface area (Å²) in [5, 5.41) is 2.93. The summed E-state index contributed by atoms with van der Waals surface area (Å²) < 4.78 is 0. The zero-order valence-corrected chi connectivity index (χ0v) is 13.6. The third kappa shape index (κ3) is 6.37. The summed E-state index contributed by atoms with van der Waals surface area (Å²) in [7, 11) is 1.90. The van der Waals surface area contributed by atoms with Crippen LogP contribution in [0, 0.1) is 5.92 Å². The first-order chi connectivity index (χ1) is 9.17. The molecule has 1 fully saturated rings. The van der Waals surface area contributed by atoms with E-state index in [1.807, 2.05) is 32.7 Å². The fourth-order valence-corrected chi connectivity index (χ4v) is 2.58. The average Bonchev–Trinajstić information content (AvgIpc) is 2.25. The minimum Gasteiger partial charge on any atom is -0.347 e. The van der Waals surface area contributed by atoms with Crippen LogP contribution in [-0.4, -0.2) is 55.5 Å². The monoisotopic (exact) mass is 284 g/mol. The van der Waals surface area contributed by atoms with Crippen molar-refractivity contribution in [1.82, 2.24) is 10.2 Å². The Hall–Kier alpha value is -1.10. The number of piperidine rings is 1. The summed E-state index contributed by atoms with van der Waals surface area (Å²) in [6.45, 7) is 10.5. The van der Waals surface area contributed by atoms with Gasteiger partial charge in [0.2, 0.25) is 0 Å². The second-order valence-electron chi connectivity index (χ2n) is 7.20. The van der Waals surface area contributed by atoms with Crippen LogP contribution in [0.5, 0.6) is 0 Å². The molecule has 1 heterocycles. The number of quaternary nitrogens is 1. The van der Waals surface area contributed by atoms with Crippen molar-refractivity contribution in [3.05, 3.63) is 0 Å². The van der Waals surface area contributed by atoms with Crippen molar-refractivity contribution in [2.45, 2.75) is 46.1 Å². The Labute approximate surface area is 122 Å². The minimum atomic E-state index is -0.219. The summed E-state index contributed by atoms with van der Waals surface area (Å²) >= 11 is 0. The Balaban J connectivity index is 2.36. The highest BCUT2D eigenvalue weighted by atomic mass is 16.2. The van der Waals surface area contributed by atoms with Crippen LogP contribution in [0.1, 0.15) is 40.5 Å². The lowest BCUT2D eigenvalue weighted by molar-refractivity contribution is -0.863. The molecule has 2 atom stereocenters. The third-order valence-corrected chi connectivity index (χ3v) is 3.44. The maximum absolute atomic E-state index is 12.2. The first kappa shape index (κ1) is 17.0. The molecule has 116 valence electrons. The van der Waals surface area contributed by atoms with Crippen molar-refractivity contribution < 1.29 is 14.5 Å². The summed E-state index contributed by atoms with van der Waals surface area (Å²) in [5.74, 6) is 0.754. The Morgan fingerprint density at radius 2 is 1.95 bits per heavy atom. The maximum atomic E-state index is 12.2. The molecular weight excluding hydrogens is 254 g/mol. The van der Waals surface area contributed by atoms with E-state index in [9.17, 15) is 9.59 Å². The van der Waals surface area contributed by atoms with Gasteiger partial charge in [-0.05, 0) is 39.5 Å². The molecule has 0 radical (unpaired) electrons. The molecule has 0 aromatic heterocycles. The number of carbonyl (C=O) groups is 2. The highest BCUT2D eigenvalue weighted by Gasteiger charge is 2.24. The van der Waals surface area contributed by atoms with Gasteiger partial charge in [-0.1, -0.05) is 6.92 Å². The van der Waals surface area contributed by atoms with Crippen molar-refractivity contribution in [1.29, 1.82) is 0 Å². The van der Waals surface area contributed by atoms with Crippen LogP contribution in [0.25, 0.3) is 0 Å². The van der Waals surface area contributed by atoms with Gasteiger partial charge in [0.1, 0.15) is 0 Å². The fourth-order valence-electron chi connectivity index (χ4n) is 2.58. The Kier molecular flexibility index (Phi) is 5.99. The number of nitrogens with one attached hydrogen (secondary N) is 2. The largest absolute Gasteiger partial charge is 0.347 e. The summed E-state index contributed by atoms with van der Waals surface area (Å²) in [4.78, 5) is 26.9. The maximum Gasteiger partial charge on any atom is 0.277 e. The lowest BCUT2D eigenvalue weighted by Gasteiger charge is -2.31. The number of hydrogen-bond acceptors (Lipinski definition) is 2. The van der Waals surface area contributed by atoms with Crippen LogP contribution in [-0.2, 0) is 9.59 Å². The van der Waals surface area contributed by atoms with Crippen LogP contribution in [0.15, 0.2) is 0 Å². The second-order valence-corrected chi connectivity index (χ2v) is 7.20. The number of likely N-dealkylation sites (N-methyl/N-ethyl adjacent to an activating group) is 1. The molecule has 20 heavy (non-hydrogen) atoms. The average molecular weight is 284 g/mol. The van der Waals surface area contributed by atoms with Gasteiger partial charge < -0.3 is 15.1 Å². The van der Waals surface area contributed by atoms with Crippen molar-refractivity contribution in [3.63, 3.8) is 0 Å². The number of hydrogen-bond donors (Lipinski definition) is 2. The van der Waals surface area contributed by atoms with E-state index in [-0.39, 0.29) is 17.4 Å². The molecule has 1 rings (SSSR count). The zero-order chi connectivity index (χ0) is 15.3. The van der Waals surface area contributed by atoms with Gasteiger partial charge >= 0.3 is 0 Å². The van der Waals surface area contributed by atoms with Gasteiger partial charge in [0.15, 0.2) is 13.1 Å². The smallest absolute Gasteiger partial charge is 0.277 e. The molecule has 0 spiro atoms. The van der Waals surface area contributed by atoms with Crippen LogP contribution in [0.3, 0.4) is 0 Å². The number of likely N-dealkylation sites (tertiary alicyclic amines) is 1. The third-order valence-electron chi connectivity index (χ3n) is 3.44. The van der Waals surface area contributed by atoms with Gasteiger partial charge in [-0.25, -0.2) is 0 Å². The molecule has 0 saturated carbocycles. The quantitative estimate of drug-likeness (QED) is 0.743. The number of rotatable bonds is 4. The lowest BCUT2D eigenvalue weighted by atomic mass is 10.0. The molecule has 1 aliphatic heterocycles. The van der Waals surface area contributed by atoms with Crippen molar-refractivity contribution in [2.75, 3.05) is 33.2 Å². The molecule has 2 N–H and O–H groups in total. The predicted octanol–water partition coefficient (Wildman–Crippen LogP) is -0.326. The summed E-state index contributed by atoms with van der Waals surface area (Å²) in [6, 6.07) is 0. The highest BCUT2D eigenvalue weighted by molar-refractivity contribution is 5.79. The van der Waals surface area contributed by atoms with E-state index in [2.05, 4.69) is 12.2 Å². The van der Waals surface area contributed by atoms with Crippen molar-refractivity contribution in [2.24, 2.45) is 5.92 Å². The van der Waals surface area contributed by atoms with Gasteiger partial charge in [0.25, 0.3) is 11.8 Å². The topological polar surface area (TPSA) is 53.9 Å². The number of carbonyl (C=O) groups excluding carboxylic acids is 2. The van der Waals surface area contributed by atoms with Gasteiger partial charge in [0.05, 0.1) is 7.05 Å². The molecule has 2 amide bonds. The van der Waals surface area contributed by atoms with Crippen LogP contribution in [0.4, 0.5) is 0 Å². The standard InChI is InChI=1S/C15H29N3O2/c1-12-7-6-8-18(9-12)14(20)11-17(5)10-13(19)16-15(2,3)4/h12H,6-11H2,1-5H3,(H,16,19)/p+1/t12-/m0/s1. The van der Waals surface area contributed by atoms with E-state index in [4.69, 9.17) is 0 Å². The van der Waals surface area contributed by atoms with Gasteiger partial charge in [-0.3, -0.25) is 9.59 Å². The van der Waals surface area contributed by atoms with Gasteiger partial charge in [-0.15, -0.1) is 0 Å². The van der Waals surface area contributed by atoms with E-state index in [1.54, 1.807) is 0 Å². The number of nitrogens with zero attached hydrogens (tertiary/aromatic N) is 1. The van der Waals surface area contributed by atoms with Crippen molar-refractivity contribution in [3.8, 4) is 0 Å². The van der Waals surface area contributed by atoms with E-state index < -0.39 is 0 Å². The first-order valence-electron chi connectivity index (χ1n) is 7.57. The Bertz CT molecular complexity index is 350. The molecule has 1 unspecified atom stereocenters. The molecule has 1 aliphatic rings. The predicted molar refractivity (Wildman–Crippen MR) is 79.5 cm³/mol. The van der Waals surface area contributed by atoms with E-state index in [0.29, 0.717) is 19.0 Å². The highest BCUT2D eigenvalue weighted by Crippen LogP contribution is 2.14. The van der Waals surface area contributed by atoms with E-state index >= 15 is 0 Å². The first-order valence-corrected chi connectivity index (χ1v) is 7.57. The number of amides is 2. The van der Waals surface area contributed by atoms with Gasteiger partial charge in [0, 0.05) is 18.6 Å². The molecule has 1 saturated heterocycles. The van der Waals surface area contributed by atoms with E-state index in [1.165, 1.54) is 6.42 Å². The summed E-state index contributed by atoms with van der Waals surface area (Å²) in [5.41, 5.74) is -0.219. The Morgan fingerprint density at radius 3 is 2.50 bits per heavy atom. The SMILES string of the molecule is C[C@H]1CCCN(C(=O)C[NH+](C)CC(=O)NC(C)(C)C)C1. The zero-order valence-electron chi connectivity index (χ0n) is 13.6. The second kappa shape index (κ2) is 7.07. The Morgan fingerprint density at radius 1 is 1.30 bits per heavy atom. The molecule has 5 nitrogen and oxygen atoms in total. The molecule has 0 aromatic rings. The molecule has 5 heteroatoms.